The Bertz CT molecular complexity index is 1360. The summed E-state index contributed by atoms with van der Waals surface area (Å²) in [6.07, 6.45) is 4.02. The Kier molecular flexibility index (Phi) is 6.53. The molecule has 0 radical (unpaired) electrons. The second kappa shape index (κ2) is 9.75. The van der Waals surface area contributed by atoms with E-state index >= 15 is 0 Å². The van der Waals surface area contributed by atoms with Crippen molar-refractivity contribution in [2.24, 2.45) is 0 Å². The summed E-state index contributed by atoms with van der Waals surface area (Å²) in [6.45, 7) is 0.773. The van der Waals surface area contributed by atoms with Crippen molar-refractivity contribution in [3.63, 3.8) is 0 Å². The van der Waals surface area contributed by atoms with Gasteiger partial charge in [0.1, 0.15) is 16.9 Å². The second-order valence-electron chi connectivity index (χ2n) is 8.22. The molecule has 2 N–H and O–H groups in total. The van der Waals surface area contributed by atoms with Crippen molar-refractivity contribution < 1.29 is 18.5 Å². The third-order valence-corrected chi connectivity index (χ3v) is 8.59. The zero-order valence-corrected chi connectivity index (χ0v) is 20.0. The Morgan fingerprint density at radius 1 is 1.34 bits per heavy atom. The quantitative estimate of drug-likeness (QED) is 0.519. The van der Waals surface area contributed by atoms with Crippen molar-refractivity contribution in [3.8, 4) is 16.6 Å². The molecule has 0 saturated carbocycles. The van der Waals surface area contributed by atoms with E-state index < -0.39 is 23.2 Å². The van der Waals surface area contributed by atoms with Gasteiger partial charge in [0.15, 0.2) is 4.90 Å². The number of hydrogen-bond donors (Lipinski definition) is 2. The highest BCUT2D eigenvalue weighted by atomic mass is 32.2. The summed E-state index contributed by atoms with van der Waals surface area (Å²) in [4.78, 5) is 30.9. The van der Waals surface area contributed by atoms with Crippen LogP contribution in [0.3, 0.4) is 0 Å². The number of piperidine rings is 1. The predicted molar refractivity (Wildman–Crippen MR) is 129 cm³/mol. The number of halogens is 1. The van der Waals surface area contributed by atoms with Crippen LogP contribution < -0.4 is 10.6 Å². The first-order valence-corrected chi connectivity index (χ1v) is 12.9. The van der Waals surface area contributed by atoms with Gasteiger partial charge in [0.2, 0.25) is 5.91 Å². The van der Waals surface area contributed by atoms with E-state index in [0.29, 0.717) is 34.1 Å². The number of amides is 2. The number of carbonyl (C=O) groups is 2. The van der Waals surface area contributed by atoms with Gasteiger partial charge in [-0.15, -0.1) is 15.6 Å². The third-order valence-electron chi connectivity index (χ3n) is 5.96. The molecule has 8 nitrogen and oxygen atoms in total. The SMILES string of the molecule is N#Cc1ccc(-c2ncc(CNC(=O)c3ccc4c(c3)NC(=O)[C@@H]3CCCCN3[S+]4[O-])s2)c(F)c1. The highest BCUT2D eigenvalue weighted by molar-refractivity contribution is 7.89. The van der Waals surface area contributed by atoms with Gasteiger partial charge in [-0.1, -0.05) is 0 Å². The summed E-state index contributed by atoms with van der Waals surface area (Å²) in [7, 11) is 0. The molecule has 11 heteroatoms. The first kappa shape index (κ1) is 23.4. The fraction of sp³-hybridized carbons (Fsp3) is 0.250. The number of carbonyl (C=O) groups excluding carboxylic acids is 2. The minimum Gasteiger partial charge on any atom is -0.593 e. The van der Waals surface area contributed by atoms with Crippen molar-refractivity contribution in [1.82, 2.24) is 14.6 Å². The van der Waals surface area contributed by atoms with Gasteiger partial charge >= 0.3 is 0 Å². The molecule has 0 aliphatic carbocycles. The van der Waals surface area contributed by atoms with E-state index in [0.717, 1.165) is 23.8 Å². The molecule has 2 amide bonds. The maximum Gasteiger partial charge on any atom is 0.251 e. The average Bonchev–Trinajstić information content (AvgIpc) is 3.31. The van der Waals surface area contributed by atoms with Crippen LogP contribution in [0.15, 0.2) is 47.5 Å². The second-order valence-corrected chi connectivity index (χ2v) is 10.7. The lowest BCUT2D eigenvalue weighted by molar-refractivity contribution is -0.120. The van der Waals surface area contributed by atoms with Crippen LogP contribution in [0.5, 0.6) is 0 Å². The van der Waals surface area contributed by atoms with Gasteiger partial charge in [-0.3, -0.25) is 9.59 Å². The van der Waals surface area contributed by atoms with Crippen LogP contribution in [0.2, 0.25) is 0 Å². The molecule has 5 rings (SSSR count). The van der Waals surface area contributed by atoms with E-state index in [2.05, 4.69) is 15.6 Å². The Morgan fingerprint density at radius 3 is 3.00 bits per heavy atom. The van der Waals surface area contributed by atoms with E-state index in [4.69, 9.17) is 5.26 Å². The first-order chi connectivity index (χ1) is 16.9. The Morgan fingerprint density at radius 2 is 2.20 bits per heavy atom. The molecule has 1 aromatic heterocycles. The number of thiazole rings is 1. The summed E-state index contributed by atoms with van der Waals surface area (Å²) in [5.41, 5.74) is 1.22. The summed E-state index contributed by atoms with van der Waals surface area (Å²) in [6, 6.07) is 10.4. The summed E-state index contributed by atoms with van der Waals surface area (Å²) in [5.74, 6) is -1.11. The Balaban J connectivity index is 1.29. The van der Waals surface area contributed by atoms with Gasteiger partial charge in [-0.2, -0.15) is 5.26 Å². The highest BCUT2D eigenvalue weighted by Crippen LogP contribution is 2.34. The molecule has 3 aromatic rings. The minimum atomic E-state index is -1.48. The molecule has 2 atom stereocenters. The van der Waals surface area contributed by atoms with Gasteiger partial charge in [-0.05, 0) is 55.7 Å². The van der Waals surface area contributed by atoms with Crippen molar-refractivity contribution >= 4 is 40.2 Å². The fourth-order valence-electron chi connectivity index (χ4n) is 4.17. The lowest BCUT2D eigenvalue weighted by Gasteiger charge is -2.31. The third kappa shape index (κ3) is 4.66. The van der Waals surface area contributed by atoms with E-state index in [1.54, 1.807) is 28.7 Å². The molecule has 1 unspecified atom stereocenters. The number of rotatable bonds is 4. The molecule has 2 aliphatic rings. The molecule has 0 bridgehead atoms. The van der Waals surface area contributed by atoms with Crippen LogP contribution in [0.25, 0.3) is 10.6 Å². The number of nitrogens with one attached hydrogen (secondary N) is 2. The topological polar surface area (TPSA) is 121 Å². The van der Waals surface area contributed by atoms with Crippen LogP contribution in [0.4, 0.5) is 10.1 Å². The van der Waals surface area contributed by atoms with E-state index in [9.17, 15) is 18.5 Å². The van der Waals surface area contributed by atoms with Crippen LogP contribution >= 0.6 is 11.3 Å². The smallest absolute Gasteiger partial charge is 0.251 e. The number of nitriles is 1. The maximum absolute atomic E-state index is 14.3. The average molecular weight is 510 g/mol. The van der Waals surface area contributed by atoms with E-state index in [-0.39, 0.29) is 29.5 Å². The largest absolute Gasteiger partial charge is 0.593 e. The van der Waals surface area contributed by atoms with Crippen molar-refractivity contribution in [1.29, 1.82) is 5.26 Å². The molecule has 35 heavy (non-hydrogen) atoms. The number of fused-ring (bicyclic) bond motifs is 2. The lowest BCUT2D eigenvalue weighted by atomic mass is 10.0. The van der Waals surface area contributed by atoms with Crippen molar-refractivity contribution in [3.05, 3.63) is 64.4 Å². The van der Waals surface area contributed by atoms with E-state index in [1.807, 2.05) is 6.07 Å². The van der Waals surface area contributed by atoms with Gasteiger partial charge in [0, 0.05) is 28.7 Å². The summed E-state index contributed by atoms with van der Waals surface area (Å²) in [5, 5.41) is 15.0. The predicted octanol–water partition coefficient (Wildman–Crippen LogP) is 3.58. The minimum absolute atomic E-state index is 0.180. The first-order valence-electron chi connectivity index (χ1n) is 11.0. The van der Waals surface area contributed by atoms with Crippen LogP contribution in [0.1, 0.15) is 40.1 Å². The normalized spacial score (nSPS) is 19.6. The molecular formula is C24H20FN5O3S2. The van der Waals surface area contributed by atoms with Crippen molar-refractivity contribution in [2.75, 3.05) is 11.9 Å². The van der Waals surface area contributed by atoms with Gasteiger partial charge in [0.05, 0.1) is 35.2 Å². The molecule has 1 fully saturated rings. The molecule has 3 heterocycles. The zero-order chi connectivity index (χ0) is 24.5. The number of benzene rings is 2. The number of anilines is 1. The molecule has 2 aromatic carbocycles. The zero-order valence-electron chi connectivity index (χ0n) is 18.4. The summed E-state index contributed by atoms with van der Waals surface area (Å²) < 4.78 is 29.1. The number of nitrogens with zero attached hydrogens (tertiary/aromatic N) is 3. The number of aromatic nitrogens is 1. The van der Waals surface area contributed by atoms with Crippen LogP contribution in [-0.2, 0) is 22.7 Å². The van der Waals surface area contributed by atoms with Gasteiger partial charge in [0.25, 0.3) is 5.91 Å². The van der Waals surface area contributed by atoms with Gasteiger partial charge in [-0.25, -0.2) is 9.37 Å². The van der Waals surface area contributed by atoms with Gasteiger partial charge < -0.3 is 15.2 Å². The highest BCUT2D eigenvalue weighted by Gasteiger charge is 2.41. The standard InChI is InChI=1S/C24H20FN5O3S2/c25-18-9-14(11-26)4-6-17(18)24-28-13-16(34-24)12-27-22(31)15-5-7-21-19(10-15)29-23(32)20-3-1-2-8-30(20)35(21)33/h4-7,9-10,13,20H,1-3,8,12H2,(H,27,31)(H,29,32)/t20-,35?/m0/s1. The monoisotopic (exact) mass is 509 g/mol. The van der Waals surface area contributed by atoms with E-state index in [1.165, 1.54) is 23.5 Å². The summed E-state index contributed by atoms with van der Waals surface area (Å²) >= 11 is -0.244. The lowest BCUT2D eigenvalue weighted by Crippen LogP contribution is -2.47. The van der Waals surface area contributed by atoms with Crippen molar-refractivity contribution in [2.45, 2.75) is 36.7 Å². The molecule has 2 aliphatic heterocycles. The fourth-order valence-corrected chi connectivity index (χ4v) is 6.51. The molecular weight excluding hydrogens is 489 g/mol. The van der Waals surface area contributed by atoms with Crippen LogP contribution in [-0.4, -0.2) is 38.2 Å². The molecule has 0 spiro atoms. The maximum atomic E-state index is 14.3. The molecule has 178 valence electrons. The Labute approximate surface area is 208 Å². The van der Waals surface area contributed by atoms with Crippen LogP contribution in [0, 0.1) is 17.1 Å². The Hall–Kier alpha value is -3.30. The molecule has 1 saturated heterocycles. The number of hydrogen-bond acceptors (Lipinski definition) is 7.